The normalized spacial score (nSPS) is 16.4. The maximum Gasteiger partial charge on any atom is 0.242 e. The van der Waals surface area contributed by atoms with Gasteiger partial charge in [-0.1, -0.05) is 13.8 Å². The number of amides is 2. The van der Waals surface area contributed by atoms with Crippen LogP contribution in [0.2, 0.25) is 0 Å². The molecule has 0 saturated carbocycles. The van der Waals surface area contributed by atoms with Gasteiger partial charge in [-0.15, -0.1) is 0 Å². The van der Waals surface area contributed by atoms with Gasteiger partial charge in [-0.2, -0.15) is 4.72 Å². The first-order chi connectivity index (χ1) is 15.5. The second kappa shape index (κ2) is 9.93. The third-order valence-electron chi connectivity index (χ3n) is 5.58. The predicted octanol–water partition coefficient (Wildman–Crippen LogP) is 3.32. The van der Waals surface area contributed by atoms with Crippen molar-refractivity contribution in [3.05, 3.63) is 48.0 Å². The number of hydrogen-bond acceptors (Lipinski definition) is 5. The minimum Gasteiger partial charge on any atom is -0.494 e. The third kappa shape index (κ3) is 5.54. The van der Waals surface area contributed by atoms with Crippen LogP contribution in [0, 0.1) is 5.92 Å². The van der Waals surface area contributed by atoms with E-state index in [0.717, 1.165) is 11.3 Å². The number of hydrogen-bond donors (Lipinski definition) is 2. The van der Waals surface area contributed by atoms with E-state index < -0.39 is 22.0 Å². The number of fused-ring (bicyclic) bond motifs is 1. The number of rotatable bonds is 8. The first-order valence-corrected chi connectivity index (χ1v) is 12.5. The van der Waals surface area contributed by atoms with Crippen molar-refractivity contribution in [2.24, 2.45) is 5.92 Å². The lowest BCUT2D eigenvalue weighted by Crippen LogP contribution is -2.47. The molecule has 1 aliphatic rings. The number of anilines is 2. The first-order valence-electron chi connectivity index (χ1n) is 11.0. The molecule has 9 heteroatoms. The molecule has 0 bridgehead atoms. The van der Waals surface area contributed by atoms with Crippen LogP contribution in [0.25, 0.3) is 0 Å². The fourth-order valence-electron chi connectivity index (χ4n) is 4.00. The van der Waals surface area contributed by atoms with Gasteiger partial charge in [-0.25, -0.2) is 8.42 Å². The lowest BCUT2D eigenvalue weighted by atomic mass is 10.0. The maximum atomic E-state index is 13.1. The molecule has 2 N–H and O–H groups in total. The Balaban J connectivity index is 1.78. The van der Waals surface area contributed by atoms with Crippen LogP contribution >= 0.6 is 0 Å². The van der Waals surface area contributed by atoms with Crippen molar-refractivity contribution < 1.29 is 22.7 Å². The highest BCUT2D eigenvalue weighted by molar-refractivity contribution is 7.89. The minimum atomic E-state index is -3.97. The number of nitrogens with one attached hydrogen (secondary N) is 2. The van der Waals surface area contributed by atoms with Gasteiger partial charge in [-0.3, -0.25) is 9.59 Å². The largest absolute Gasteiger partial charge is 0.494 e. The molecule has 2 aromatic rings. The topological polar surface area (TPSA) is 105 Å². The zero-order valence-electron chi connectivity index (χ0n) is 19.6. The fourth-order valence-corrected chi connectivity index (χ4v) is 5.40. The highest BCUT2D eigenvalue weighted by Crippen LogP contribution is 2.34. The van der Waals surface area contributed by atoms with Crippen LogP contribution in [0.4, 0.5) is 11.4 Å². The van der Waals surface area contributed by atoms with Gasteiger partial charge in [0.2, 0.25) is 21.8 Å². The Bertz CT molecular complexity index is 1130. The average molecular weight is 474 g/mol. The summed E-state index contributed by atoms with van der Waals surface area (Å²) in [6.07, 6.45) is 0.574. The van der Waals surface area contributed by atoms with E-state index in [0.29, 0.717) is 24.5 Å². The van der Waals surface area contributed by atoms with Crippen LogP contribution in [0.15, 0.2) is 47.4 Å². The van der Waals surface area contributed by atoms with Crippen molar-refractivity contribution in [2.45, 2.75) is 58.0 Å². The Hall–Kier alpha value is -2.91. The molecule has 1 heterocycles. The van der Waals surface area contributed by atoms with Gasteiger partial charge >= 0.3 is 0 Å². The van der Waals surface area contributed by atoms with Crippen LogP contribution in [0.3, 0.4) is 0 Å². The molecule has 3 rings (SSSR count). The highest BCUT2D eigenvalue weighted by atomic mass is 32.2. The number of sulfonamides is 1. The van der Waals surface area contributed by atoms with Crippen LogP contribution < -0.4 is 19.7 Å². The zero-order valence-corrected chi connectivity index (χ0v) is 20.4. The molecule has 1 aliphatic heterocycles. The molecule has 2 amide bonds. The van der Waals surface area contributed by atoms with E-state index in [1.54, 1.807) is 55.1 Å². The molecular weight excluding hydrogens is 442 g/mol. The summed E-state index contributed by atoms with van der Waals surface area (Å²) >= 11 is 0. The molecule has 33 heavy (non-hydrogen) atoms. The van der Waals surface area contributed by atoms with Crippen molar-refractivity contribution in [3.8, 4) is 5.75 Å². The predicted molar refractivity (Wildman–Crippen MR) is 128 cm³/mol. The van der Waals surface area contributed by atoms with Gasteiger partial charge < -0.3 is 15.0 Å². The summed E-state index contributed by atoms with van der Waals surface area (Å²) < 4.78 is 34.2. The second-order valence-electron chi connectivity index (χ2n) is 8.52. The van der Waals surface area contributed by atoms with Crippen LogP contribution in [0.5, 0.6) is 5.75 Å². The SMILES string of the molecule is CCOc1ccc(NC(=O)C(NS(=O)(=O)c2ccc3c(c2)CC(C)N3C(C)=O)C(C)C)cc1. The molecule has 8 nitrogen and oxygen atoms in total. The summed E-state index contributed by atoms with van der Waals surface area (Å²) in [7, 11) is -3.97. The summed E-state index contributed by atoms with van der Waals surface area (Å²) in [5.41, 5.74) is 2.06. The molecular formula is C24H31N3O5S. The molecule has 0 fully saturated rings. The number of benzene rings is 2. The van der Waals surface area contributed by atoms with Gasteiger partial charge in [0.1, 0.15) is 11.8 Å². The van der Waals surface area contributed by atoms with E-state index in [1.165, 1.54) is 13.0 Å². The Morgan fingerprint density at radius 3 is 2.39 bits per heavy atom. The molecule has 0 saturated heterocycles. The Kier molecular flexibility index (Phi) is 7.44. The highest BCUT2D eigenvalue weighted by Gasteiger charge is 2.32. The minimum absolute atomic E-state index is 0.0354. The number of carbonyl (C=O) groups excluding carboxylic acids is 2. The standard InChI is InChI=1S/C24H31N3O5S/c1-6-32-20-9-7-19(8-10-20)25-24(29)23(15(2)3)26-33(30,31)21-11-12-22-18(14-21)13-16(4)27(22)17(5)28/h7-12,14-16,23,26H,6,13H2,1-5H3,(H,25,29). The van der Waals surface area contributed by atoms with Crippen molar-refractivity contribution in [1.82, 2.24) is 4.72 Å². The molecule has 2 atom stereocenters. The number of ether oxygens (including phenoxy) is 1. The van der Waals surface area contributed by atoms with E-state index in [9.17, 15) is 18.0 Å². The van der Waals surface area contributed by atoms with E-state index in [4.69, 9.17) is 4.74 Å². The molecule has 178 valence electrons. The van der Waals surface area contributed by atoms with Crippen molar-refractivity contribution >= 4 is 33.2 Å². The lowest BCUT2D eigenvalue weighted by Gasteiger charge is -2.22. The Morgan fingerprint density at radius 1 is 1.15 bits per heavy atom. The lowest BCUT2D eigenvalue weighted by molar-refractivity contribution is -0.118. The van der Waals surface area contributed by atoms with Gasteiger partial charge in [-0.05, 0) is 74.2 Å². The van der Waals surface area contributed by atoms with Gasteiger partial charge in [0.05, 0.1) is 11.5 Å². The molecule has 0 spiro atoms. The van der Waals surface area contributed by atoms with Crippen molar-refractivity contribution in [2.75, 3.05) is 16.8 Å². The van der Waals surface area contributed by atoms with Crippen LogP contribution in [0.1, 0.15) is 40.2 Å². The smallest absolute Gasteiger partial charge is 0.242 e. The molecule has 0 radical (unpaired) electrons. The molecule has 0 aromatic heterocycles. The summed E-state index contributed by atoms with van der Waals surface area (Å²) in [4.78, 5) is 26.6. The summed E-state index contributed by atoms with van der Waals surface area (Å²) in [5.74, 6) is -0.132. The van der Waals surface area contributed by atoms with Crippen molar-refractivity contribution in [1.29, 1.82) is 0 Å². The summed E-state index contributed by atoms with van der Waals surface area (Å²) in [6, 6.07) is 10.6. The van der Waals surface area contributed by atoms with Crippen molar-refractivity contribution in [3.63, 3.8) is 0 Å². The quantitative estimate of drug-likeness (QED) is 0.612. The second-order valence-corrected chi connectivity index (χ2v) is 10.2. The third-order valence-corrected chi connectivity index (χ3v) is 7.02. The Morgan fingerprint density at radius 2 is 1.82 bits per heavy atom. The summed E-state index contributed by atoms with van der Waals surface area (Å²) in [6.45, 7) is 9.40. The fraction of sp³-hybridized carbons (Fsp3) is 0.417. The molecule has 2 unspecified atom stereocenters. The number of carbonyl (C=O) groups is 2. The molecule has 2 aromatic carbocycles. The van der Waals surface area contributed by atoms with E-state index in [1.807, 2.05) is 13.8 Å². The first kappa shape index (κ1) is 24.7. The van der Waals surface area contributed by atoms with E-state index in [2.05, 4.69) is 10.0 Å². The monoisotopic (exact) mass is 473 g/mol. The van der Waals surface area contributed by atoms with Crippen LogP contribution in [-0.4, -0.2) is 38.9 Å². The summed E-state index contributed by atoms with van der Waals surface area (Å²) in [5, 5.41) is 2.77. The van der Waals surface area contributed by atoms with Crippen LogP contribution in [-0.2, 0) is 26.0 Å². The zero-order chi connectivity index (χ0) is 24.3. The number of nitrogens with zero attached hydrogens (tertiary/aromatic N) is 1. The molecule has 0 aliphatic carbocycles. The average Bonchev–Trinajstić information content (AvgIpc) is 3.08. The van der Waals surface area contributed by atoms with Gasteiger partial charge in [0.25, 0.3) is 0 Å². The van der Waals surface area contributed by atoms with Gasteiger partial charge in [0.15, 0.2) is 0 Å². The maximum absolute atomic E-state index is 13.1. The van der Waals surface area contributed by atoms with E-state index in [-0.39, 0.29) is 22.8 Å². The van der Waals surface area contributed by atoms with E-state index >= 15 is 0 Å². The van der Waals surface area contributed by atoms with Gasteiger partial charge in [0, 0.05) is 24.3 Å². The Labute approximate surface area is 195 Å².